The zero-order valence-electron chi connectivity index (χ0n) is 17.4. The summed E-state index contributed by atoms with van der Waals surface area (Å²) in [7, 11) is 0. The third kappa shape index (κ3) is 5.27. The lowest BCUT2D eigenvalue weighted by Crippen LogP contribution is -2.22. The molecule has 0 aliphatic rings. The predicted molar refractivity (Wildman–Crippen MR) is 116 cm³/mol. The first-order valence-electron chi connectivity index (χ1n) is 9.97. The van der Waals surface area contributed by atoms with Crippen LogP contribution < -0.4 is 4.74 Å². The molecule has 0 spiro atoms. The Bertz CT molecular complexity index is 1020. The standard InChI is InChI=1S/C26H25NO3/c1-18(2)25(20-14-12-19(3)13-15-20)26(28)30-24(17-27)21-8-7-11-23(16-21)29-22-9-5-4-6-10-22/h4-16,18,24-25H,1-3H3. The van der Waals surface area contributed by atoms with E-state index in [9.17, 15) is 10.1 Å². The van der Waals surface area contributed by atoms with E-state index < -0.39 is 18.0 Å². The number of rotatable bonds is 7. The second-order valence-corrected chi connectivity index (χ2v) is 7.57. The van der Waals surface area contributed by atoms with Crippen molar-refractivity contribution in [2.24, 2.45) is 5.92 Å². The molecule has 0 aliphatic carbocycles. The number of nitrogens with zero attached hydrogens (tertiary/aromatic N) is 1. The molecule has 3 aromatic carbocycles. The molecule has 0 fully saturated rings. The van der Waals surface area contributed by atoms with Crippen LogP contribution in [0.1, 0.15) is 42.6 Å². The van der Waals surface area contributed by atoms with Gasteiger partial charge in [0.2, 0.25) is 6.10 Å². The van der Waals surface area contributed by atoms with Gasteiger partial charge in [-0.25, -0.2) is 0 Å². The highest BCUT2D eigenvalue weighted by Gasteiger charge is 2.28. The van der Waals surface area contributed by atoms with Crippen LogP contribution in [-0.4, -0.2) is 5.97 Å². The molecule has 0 aliphatic heterocycles. The number of esters is 1. The highest BCUT2D eigenvalue weighted by molar-refractivity contribution is 5.79. The maximum Gasteiger partial charge on any atom is 0.315 e. The van der Waals surface area contributed by atoms with Gasteiger partial charge in [-0.1, -0.05) is 74.0 Å². The van der Waals surface area contributed by atoms with Gasteiger partial charge >= 0.3 is 5.97 Å². The van der Waals surface area contributed by atoms with Crippen LogP contribution in [0.3, 0.4) is 0 Å². The Morgan fingerprint density at radius 1 is 0.867 bits per heavy atom. The molecule has 0 aromatic heterocycles. The topological polar surface area (TPSA) is 59.3 Å². The summed E-state index contributed by atoms with van der Waals surface area (Å²) in [6, 6.07) is 26.4. The lowest BCUT2D eigenvalue weighted by molar-refractivity contribution is -0.150. The zero-order valence-corrected chi connectivity index (χ0v) is 17.4. The maximum absolute atomic E-state index is 13.0. The van der Waals surface area contributed by atoms with E-state index >= 15 is 0 Å². The fraction of sp³-hybridized carbons (Fsp3) is 0.231. The van der Waals surface area contributed by atoms with Gasteiger partial charge in [-0.2, -0.15) is 5.26 Å². The minimum absolute atomic E-state index is 0.0345. The van der Waals surface area contributed by atoms with Crippen LogP contribution in [-0.2, 0) is 9.53 Å². The molecule has 2 unspecified atom stereocenters. The van der Waals surface area contributed by atoms with Crippen molar-refractivity contribution in [3.05, 3.63) is 95.6 Å². The quantitative estimate of drug-likeness (QED) is 0.435. The Kier molecular flexibility index (Phi) is 6.87. The number of hydrogen-bond donors (Lipinski definition) is 0. The molecule has 2 atom stereocenters. The van der Waals surface area contributed by atoms with Gasteiger partial charge in [-0.3, -0.25) is 4.79 Å². The molecule has 0 saturated carbocycles. The molecule has 4 heteroatoms. The fourth-order valence-corrected chi connectivity index (χ4v) is 3.29. The summed E-state index contributed by atoms with van der Waals surface area (Å²) in [5.41, 5.74) is 2.59. The molecule has 4 nitrogen and oxygen atoms in total. The van der Waals surface area contributed by atoms with Crippen molar-refractivity contribution in [1.82, 2.24) is 0 Å². The van der Waals surface area contributed by atoms with Crippen LogP contribution in [0.25, 0.3) is 0 Å². The molecule has 0 heterocycles. The van der Waals surface area contributed by atoms with E-state index in [4.69, 9.17) is 9.47 Å². The van der Waals surface area contributed by atoms with Crippen LogP contribution in [0.4, 0.5) is 0 Å². The van der Waals surface area contributed by atoms with E-state index in [0.717, 1.165) is 11.1 Å². The normalized spacial score (nSPS) is 12.6. The van der Waals surface area contributed by atoms with Crippen LogP contribution in [0.15, 0.2) is 78.9 Å². The number of para-hydroxylation sites is 1. The van der Waals surface area contributed by atoms with Crippen molar-refractivity contribution in [3.8, 4) is 17.6 Å². The summed E-state index contributed by atoms with van der Waals surface area (Å²) in [4.78, 5) is 13.0. The molecule has 0 bridgehead atoms. The number of carbonyl (C=O) groups is 1. The van der Waals surface area contributed by atoms with E-state index in [0.29, 0.717) is 17.1 Å². The van der Waals surface area contributed by atoms with Crippen molar-refractivity contribution in [2.45, 2.75) is 32.8 Å². The van der Waals surface area contributed by atoms with Crippen LogP contribution >= 0.6 is 0 Å². The first kappa shape index (κ1) is 21.1. The Morgan fingerprint density at radius 3 is 2.17 bits per heavy atom. The van der Waals surface area contributed by atoms with E-state index in [1.807, 2.05) is 75.4 Å². The summed E-state index contributed by atoms with van der Waals surface area (Å²) in [5, 5.41) is 9.67. The highest BCUT2D eigenvalue weighted by Crippen LogP contribution is 2.30. The van der Waals surface area contributed by atoms with Crippen molar-refractivity contribution < 1.29 is 14.3 Å². The number of benzene rings is 3. The average Bonchev–Trinajstić information content (AvgIpc) is 2.74. The number of hydrogen-bond acceptors (Lipinski definition) is 4. The third-order valence-electron chi connectivity index (χ3n) is 4.85. The maximum atomic E-state index is 13.0. The summed E-state index contributed by atoms with van der Waals surface area (Å²) in [5.74, 6) is 0.459. The summed E-state index contributed by atoms with van der Waals surface area (Å²) >= 11 is 0. The summed E-state index contributed by atoms with van der Waals surface area (Å²) in [6.07, 6.45) is -1.01. The molecule has 0 N–H and O–H groups in total. The molecule has 0 radical (unpaired) electrons. The Labute approximate surface area is 177 Å². The monoisotopic (exact) mass is 399 g/mol. The zero-order chi connectivity index (χ0) is 21.5. The third-order valence-corrected chi connectivity index (χ3v) is 4.85. The second kappa shape index (κ2) is 9.76. The van der Waals surface area contributed by atoms with E-state index in [2.05, 4.69) is 6.07 Å². The largest absolute Gasteiger partial charge is 0.457 e. The van der Waals surface area contributed by atoms with Crippen LogP contribution in [0.2, 0.25) is 0 Å². The second-order valence-electron chi connectivity index (χ2n) is 7.57. The Hall–Kier alpha value is -3.58. The minimum Gasteiger partial charge on any atom is -0.457 e. The number of carbonyl (C=O) groups excluding carboxylic acids is 1. The van der Waals surface area contributed by atoms with Crippen molar-refractivity contribution in [2.75, 3.05) is 0 Å². The highest BCUT2D eigenvalue weighted by atomic mass is 16.5. The SMILES string of the molecule is Cc1ccc(C(C(=O)OC(C#N)c2cccc(Oc3ccccc3)c2)C(C)C)cc1. The van der Waals surface area contributed by atoms with Gasteiger partial charge in [0.15, 0.2) is 0 Å². The minimum atomic E-state index is -1.01. The smallest absolute Gasteiger partial charge is 0.315 e. The van der Waals surface area contributed by atoms with Gasteiger partial charge in [-0.15, -0.1) is 0 Å². The molecular formula is C26H25NO3. The summed E-state index contributed by atoms with van der Waals surface area (Å²) < 4.78 is 11.5. The predicted octanol–water partition coefficient (Wildman–Crippen LogP) is 6.34. The van der Waals surface area contributed by atoms with Crippen molar-refractivity contribution in [1.29, 1.82) is 5.26 Å². The van der Waals surface area contributed by atoms with E-state index in [1.54, 1.807) is 24.3 Å². The number of ether oxygens (including phenoxy) is 2. The van der Waals surface area contributed by atoms with Gasteiger partial charge in [-0.05, 0) is 42.7 Å². The van der Waals surface area contributed by atoms with Gasteiger partial charge in [0.1, 0.15) is 17.6 Å². The van der Waals surface area contributed by atoms with Gasteiger partial charge in [0.05, 0.1) is 5.92 Å². The average molecular weight is 399 g/mol. The Morgan fingerprint density at radius 2 is 1.53 bits per heavy atom. The van der Waals surface area contributed by atoms with E-state index in [-0.39, 0.29) is 5.92 Å². The van der Waals surface area contributed by atoms with Gasteiger partial charge in [0.25, 0.3) is 0 Å². The van der Waals surface area contributed by atoms with Gasteiger partial charge in [0, 0.05) is 5.56 Å². The first-order valence-corrected chi connectivity index (χ1v) is 9.97. The molecule has 30 heavy (non-hydrogen) atoms. The lowest BCUT2D eigenvalue weighted by Gasteiger charge is -2.22. The first-order chi connectivity index (χ1) is 14.5. The number of aryl methyl sites for hydroxylation is 1. The molecule has 3 aromatic rings. The molecular weight excluding hydrogens is 374 g/mol. The molecule has 3 rings (SSSR count). The molecule has 152 valence electrons. The Balaban J connectivity index is 1.78. The van der Waals surface area contributed by atoms with Crippen LogP contribution in [0, 0.1) is 24.2 Å². The molecule has 0 saturated heterocycles. The van der Waals surface area contributed by atoms with Crippen molar-refractivity contribution in [3.63, 3.8) is 0 Å². The van der Waals surface area contributed by atoms with E-state index in [1.165, 1.54) is 0 Å². The lowest BCUT2D eigenvalue weighted by atomic mass is 9.88. The molecule has 0 amide bonds. The summed E-state index contributed by atoms with van der Waals surface area (Å²) in [6.45, 7) is 5.95. The fourth-order valence-electron chi connectivity index (χ4n) is 3.29. The van der Waals surface area contributed by atoms with Crippen molar-refractivity contribution >= 4 is 5.97 Å². The van der Waals surface area contributed by atoms with Gasteiger partial charge < -0.3 is 9.47 Å². The number of nitriles is 1. The van der Waals surface area contributed by atoms with Crippen LogP contribution in [0.5, 0.6) is 11.5 Å².